The van der Waals surface area contributed by atoms with Crippen LogP contribution in [-0.2, 0) is 4.79 Å². The summed E-state index contributed by atoms with van der Waals surface area (Å²) in [5.74, 6) is -1.41. The SMILES string of the molecule is Cc1noc(=O)c2ccc(NC(=O)C(=O)c3ccc(-c4ccccc4)cc3)cc12. The summed E-state index contributed by atoms with van der Waals surface area (Å²) in [7, 11) is 0. The summed E-state index contributed by atoms with van der Waals surface area (Å²) < 4.78 is 4.68. The number of aryl methyl sites for hydroxylation is 1. The normalized spacial score (nSPS) is 10.7. The van der Waals surface area contributed by atoms with E-state index in [4.69, 9.17) is 0 Å². The number of hydrogen-bond donors (Lipinski definition) is 1. The second kappa shape index (κ2) is 7.52. The standard InChI is InChI=1S/C23H16N2O4/c1-14-20-13-18(11-12-19(20)23(28)29-25-14)24-22(27)21(26)17-9-7-16(8-10-17)15-5-3-2-4-6-15/h2-13H,1H3,(H,24,27). The summed E-state index contributed by atoms with van der Waals surface area (Å²) in [4.78, 5) is 36.6. The van der Waals surface area contributed by atoms with E-state index in [1.54, 1.807) is 43.3 Å². The van der Waals surface area contributed by atoms with Gasteiger partial charge in [-0.1, -0.05) is 59.8 Å². The minimum atomic E-state index is -0.759. The van der Waals surface area contributed by atoms with E-state index in [0.29, 0.717) is 27.7 Å². The molecule has 29 heavy (non-hydrogen) atoms. The Kier molecular flexibility index (Phi) is 4.75. The Labute approximate surface area is 165 Å². The molecule has 4 rings (SSSR count). The highest BCUT2D eigenvalue weighted by molar-refractivity contribution is 6.46. The summed E-state index contributed by atoms with van der Waals surface area (Å²) >= 11 is 0. The molecule has 0 bridgehead atoms. The van der Waals surface area contributed by atoms with Crippen molar-refractivity contribution >= 4 is 28.2 Å². The number of carbonyl (C=O) groups excluding carboxylic acids is 2. The maximum atomic E-state index is 12.5. The summed E-state index contributed by atoms with van der Waals surface area (Å²) in [6.07, 6.45) is 0. The molecule has 142 valence electrons. The van der Waals surface area contributed by atoms with E-state index in [2.05, 4.69) is 15.0 Å². The summed E-state index contributed by atoms with van der Waals surface area (Å²) in [6.45, 7) is 1.69. The molecule has 4 aromatic rings. The van der Waals surface area contributed by atoms with Gasteiger partial charge in [-0.15, -0.1) is 0 Å². The maximum absolute atomic E-state index is 12.5. The summed E-state index contributed by atoms with van der Waals surface area (Å²) in [5.41, 5.74) is 2.63. The van der Waals surface area contributed by atoms with Crippen molar-refractivity contribution in [2.24, 2.45) is 0 Å². The van der Waals surface area contributed by atoms with Crippen LogP contribution in [-0.4, -0.2) is 16.8 Å². The minimum Gasteiger partial charge on any atom is -0.319 e. The van der Waals surface area contributed by atoms with E-state index in [1.165, 1.54) is 6.07 Å². The molecule has 0 unspecified atom stereocenters. The minimum absolute atomic E-state index is 0.293. The second-order valence-electron chi connectivity index (χ2n) is 6.54. The van der Waals surface area contributed by atoms with Gasteiger partial charge in [-0.25, -0.2) is 4.79 Å². The molecule has 0 spiro atoms. The molecule has 6 heteroatoms. The number of rotatable bonds is 4. The molecule has 0 aliphatic carbocycles. The van der Waals surface area contributed by atoms with Gasteiger partial charge in [0.2, 0.25) is 0 Å². The van der Waals surface area contributed by atoms with Gasteiger partial charge in [-0.05, 0) is 36.2 Å². The first-order valence-corrected chi connectivity index (χ1v) is 8.94. The molecule has 1 aromatic heterocycles. The van der Waals surface area contributed by atoms with Crippen molar-refractivity contribution in [3.05, 3.63) is 94.5 Å². The molecule has 3 aromatic carbocycles. The monoisotopic (exact) mass is 384 g/mol. The van der Waals surface area contributed by atoms with Crippen LogP contribution in [0.4, 0.5) is 5.69 Å². The fourth-order valence-corrected chi connectivity index (χ4v) is 3.07. The molecule has 0 radical (unpaired) electrons. The highest BCUT2D eigenvalue weighted by Crippen LogP contribution is 2.21. The number of Topliss-reactive ketones (excluding diaryl/α,β-unsaturated/α-hetero) is 1. The van der Waals surface area contributed by atoms with Crippen molar-refractivity contribution in [3.63, 3.8) is 0 Å². The van der Waals surface area contributed by atoms with E-state index in [1.807, 2.05) is 30.3 Å². The second-order valence-corrected chi connectivity index (χ2v) is 6.54. The van der Waals surface area contributed by atoms with Gasteiger partial charge >= 0.3 is 5.63 Å². The fraction of sp³-hybridized carbons (Fsp3) is 0.0435. The third-order valence-electron chi connectivity index (χ3n) is 4.61. The number of benzene rings is 3. The van der Waals surface area contributed by atoms with Gasteiger partial charge in [0, 0.05) is 16.6 Å². The molecule has 0 atom stereocenters. The topological polar surface area (TPSA) is 89.3 Å². The van der Waals surface area contributed by atoms with Crippen molar-refractivity contribution in [2.45, 2.75) is 6.92 Å². The van der Waals surface area contributed by atoms with Gasteiger partial charge in [-0.2, -0.15) is 0 Å². The molecular weight excluding hydrogens is 368 g/mol. The lowest BCUT2D eigenvalue weighted by Gasteiger charge is -2.07. The number of aromatic nitrogens is 1. The van der Waals surface area contributed by atoms with Gasteiger partial charge in [-0.3, -0.25) is 9.59 Å². The molecule has 0 saturated heterocycles. The predicted molar refractivity (Wildman–Crippen MR) is 110 cm³/mol. The molecule has 1 heterocycles. The highest BCUT2D eigenvalue weighted by atomic mass is 16.5. The van der Waals surface area contributed by atoms with Gasteiger partial charge in [0.05, 0.1) is 11.1 Å². The van der Waals surface area contributed by atoms with Crippen molar-refractivity contribution in [2.75, 3.05) is 5.32 Å². The third kappa shape index (κ3) is 3.68. The van der Waals surface area contributed by atoms with E-state index < -0.39 is 17.3 Å². The Balaban J connectivity index is 1.54. The number of nitrogens with zero attached hydrogens (tertiary/aromatic N) is 1. The van der Waals surface area contributed by atoms with Crippen LogP contribution in [0.25, 0.3) is 21.9 Å². The molecule has 0 saturated carbocycles. The van der Waals surface area contributed by atoms with Crippen LogP contribution < -0.4 is 10.9 Å². The Bertz CT molecular complexity index is 1280. The molecule has 0 fully saturated rings. The number of nitrogens with one attached hydrogen (secondary N) is 1. The lowest BCUT2D eigenvalue weighted by molar-refractivity contribution is -0.112. The zero-order valence-electron chi connectivity index (χ0n) is 15.5. The first kappa shape index (κ1) is 18.3. The van der Waals surface area contributed by atoms with Crippen molar-refractivity contribution in [3.8, 4) is 11.1 Å². The smallest absolute Gasteiger partial charge is 0.319 e. The first-order chi connectivity index (χ1) is 14.0. The van der Waals surface area contributed by atoms with Crippen LogP contribution in [0.2, 0.25) is 0 Å². The van der Waals surface area contributed by atoms with Gasteiger partial charge < -0.3 is 9.84 Å². The zero-order chi connectivity index (χ0) is 20.4. The quantitative estimate of drug-likeness (QED) is 0.425. The van der Waals surface area contributed by atoms with Crippen molar-refractivity contribution < 1.29 is 14.1 Å². The Morgan fingerprint density at radius 3 is 2.28 bits per heavy atom. The first-order valence-electron chi connectivity index (χ1n) is 8.94. The Morgan fingerprint density at radius 1 is 0.862 bits per heavy atom. The zero-order valence-corrected chi connectivity index (χ0v) is 15.5. The number of anilines is 1. The number of amides is 1. The molecule has 6 nitrogen and oxygen atoms in total. The number of hydrogen-bond acceptors (Lipinski definition) is 5. The van der Waals surface area contributed by atoms with Crippen LogP contribution in [0.3, 0.4) is 0 Å². The Hall–Kier alpha value is -4.06. The molecule has 1 N–H and O–H groups in total. The average molecular weight is 384 g/mol. The molecule has 1 amide bonds. The van der Waals surface area contributed by atoms with Crippen LogP contribution in [0.15, 0.2) is 82.1 Å². The van der Waals surface area contributed by atoms with Crippen LogP contribution in [0, 0.1) is 6.92 Å². The predicted octanol–water partition coefficient (Wildman–Crippen LogP) is 3.98. The fourth-order valence-electron chi connectivity index (χ4n) is 3.07. The van der Waals surface area contributed by atoms with E-state index >= 15 is 0 Å². The maximum Gasteiger partial charge on any atom is 0.366 e. The summed E-state index contributed by atoms with van der Waals surface area (Å²) in [6, 6.07) is 21.3. The molecule has 0 aliphatic rings. The van der Waals surface area contributed by atoms with E-state index in [0.717, 1.165) is 11.1 Å². The van der Waals surface area contributed by atoms with Crippen molar-refractivity contribution in [1.82, 2.24) is 5.16 Å². The molecule has 0 aliphatic heterocycles. The highest BCUT2D eigenvalue weighted by Gasteiger charge is 2.17. The van der Waals surface area contributed by atoms with Gasteiger partial charge in [0.1, 0.15) is 0 Å². The van der Waals surface area contributed by atoms with Gasteiger partial charge in [0.15, 0.2) is 0 Å². The van der Waals surface area contributed by atoms with Crippen LogP contribution in [0.5, 0.6) is 0 Å². The van der Waals surface area contributed by atoms with Crippen molar-refractivity contribution in [1.29, 1.82) is 0 Å². The number of ketones is 1. The van der Waals surface area contributed by atoms with Crippen LogP contribution in [0.1, 0.15) is 16.1 Å². The lowest BCUT2D eigenvalue weighted by Crippen LogP contribution is -2.22. The Morgan fingerprint density at radius 2 is 1.55 bits per heavy atom. The largest absolute Gasteiger partial charge is 0.366 e. The average Bonchev–Trinajstić information content (AvgIpc) is 2.76. The third-order valence-corrected chi connectivity index (χ3v) is 4.61. The van der Waals surface area contributed by atoms with E-state index in [9.17, 15) is 14.4 Å². The lowest BCUT2D eigenvalue weighted by atomic mass is 10.0. The van der Waals surface area contributed by atoms with E-state index in [-0.39, 0.29) is 0 Å². The van der Waals surface area contributed by atoms with Gasteiger partial charge in [0.25, 0.3) is 11.7 Å². The number of fused-ring (bicyclic) bond motifs is 1. The van der Waals surface area contributed by atoms with Crippen LogP contribution >= 0.6 is 0 Å². The molecular formula is C23H16N2O4. The summed E-state index contributed by atoms with van der Waals surface area (Å²) in [5, 5.41) is 7.17. The number of carbonyl (C=O) groups is 2.